The van der Waals surface area contributed by atoms with Crippen LogP contribution in [0.2, 0.25) is 0 Å². The zero-order valence-electron chi connectivity index (χ0n) is 5.08. The Morgan fingerprint density at radius 1 is 1.57 bits per heavy atom. The molecule has 0 aromatic heterocycles. The fourth-order valence-corrected chi connectivity index (χ4v) is 1.17. The van der Waals surface area contributed by atoms with Crippen LogP contribution in [0.5, 0.6) is 0 Å². The van der Waals surface area contributed by atoms with Crippen molar-refractivity contribution in [1.82, 2.24) is 0 Å². The van der Waals surface area contributed by atoms with Crippen LogP contribution in [0.15, 0.2) is 0 Å². The first-order valence-corrected chi connectivity index (χ1v) is 3.99. The molecule has 0 fully saturated rings. The van der Waals surface area contributed by atoms with Crippen molar-refractivity contribution in [2.24, 2.45) is 5.92 Å². The first-order valence-electron chi connectivity index (χ1n) is 2.87. The number of alkyl halides is 1. The lowest BCUT2D eigenvalue weighted by Crippen LogP contribution is -1.90. The lowest BCUT2D eigenvalue weighted by Gasteiger charge is -2.01. The van der Waals surface area contributed by atoms with Gasteiger partial charge < -0.3 is 0 Å². The minimum Gasteiger partial charge on any atom is -0.0928 e. The predicted molar refractivity (Wildman–Crippen MR) is 37.9 cm³/mol. The van der Waals surface area contributed by atoms with Gasteiger partial charge in [-0.25, -0.2) is 0 Å². The lowest BCUT2D eigenvalue weighted by atomic mass is 10.1. The third-order valence-electron chi connectivity index (χ3n) is 1.30. The molecule has 0 bridgehead atoms. The molecule has 0 saturated heterocycles. The van der Waals surface area contributed by atoms with Gasteiger partial charge in [0, 0.05) is 5.33 Å². The Morgan fingerprint density at radius 3 is 2.29 bits per heavy atom. The Balaban J connectivity index is 2.83. The lowest BCUT2D eigenvalue weighted by molar-refractivity contribution is 0.550. The highest BCUT2D eigenvalue weighted by Crippen LogP contribution is 2.06. The summed E-state index contributed by atoms with van der Waals surface area (Å²) in [5, 5.41) is 1.15. The van der Waals surface area contributed by atoms with Gasteiger partial charge in [0.15, 0.2) is 0 Å². The van der Waals surface area contributed by atoms with Crippen LogP contribution in [0.3, 0.4) is 0 Å². The molecule has 0 spiro atoms. The Hall–Kier alpha value is 0.480. The molecule has 0 nitrogen and oxygen atoms in total. The molecule has 0 unspecified atom stereocenters. The van der Waals surface area contributed by atoms with Crippen LogP contribution in [-0.2, 0) is 0 Å². The third kappa shape index (κ3) is 4.33. The summed E-state index contributed by atoms with van der Waals surface area (Å²) in [5.41, 5.74) is 0. The van der Waals surface area contributed by atoms with Crippen LogP contribution >= 0.6 is 15.9 Å². The molecule has 0 heterocycles. The molecular formula is C6H13Br. The molecule has 1 atom stereocenters. The van der Waals surface area contributed by atoms with E-state index in [1.165, 1.54) is 12.8 Å². The zero-order valence-corrected chi connectivity index (χ0v) is 6.66. The minimum absolute atomic E-state index is 0.902. The SMILES string of the molecule is CC[C@@H](C)CCBr. The van der Waals surface area contributed by atoms with E-state index in [0.717, 1.165) is 11.2 Å². The molecule has 0 aliphatic rings. The van der Waals surface area contributed by atoms with Gasteiger partial charge in [0.1, 0.15) is 0 Å². The molecule has 0 rings (SSSR count). The molecule has 0 saturated carbocycles. The van der Waals surface area contributed by atoms with Crippen molar-refractivity contribution < 1.29 is 0 Å². The number of halogens is 1. The Bertz CT molecular complexity index is 35.2. The second kappa shape index (κ2) is 4.63. The summed E-state index contributed by atoms with van der Waals surface area (Å²) in [5.74, 6) is 0.902. The largest absolute Gasteiger partial charge is 0.0928 e. The highest BCUT2D eigenvalue weighted by Gasteiger charge is 1.93. The zero-order chi connectivity index (χ0) is 5.70. The summed E-state index contributed by atoms with van der Waals surface area (Å²) < 4.78 is 0. The molecule has 44 valence electrons. The summed E-state index contributed by atoms with van der Waals surface area (Å²) >= 11 is 3.39. The molecule has 0 radical (unpaired) electrons. The standard InChI is InChI=1S/C6H13Br/c1-3-6(2)4-5-7/h6H,3-5H2,1-2H3/t6-/m1/s1. The van der Waals surface area contributed by atoms with Crippen LogP contribution in [0.1, 0.15) is 26.7 Å². The van der Waals surface area contributed by atoms with Crippen molar-refractivity contribution in [2.75, 3.05) is 5.33 Å². The van der Waals surface area contributed by atoms with E-state index >= 15 is 0 Å². The average molecular weight is 165 g/mol. The first kappa shape index (κ1) is 7.48. The van der Waals surface area contributed by atoms with Crippen molar-refractivity contribution >= 4 is 15.9 Å². The molecule has 0 aromatic rings. The van der Waals surface area contributed by atoms with Crippen molar-refractivity contribution in [2.45, 2.75) is 26.7 Å². The number of rotatable bonds is 3. The van der Waals surface area contributed by atoms with Gasteiger partial charge in [0.2, 0.25) is 0 Å². The smallest absolute Gasteiger partial charge is 0.00338 e. The second-order valence-corrected chi connectivity index (χ2v) is 2.78. The first-order chi connectivity index (χ1) is 3.31. The highest BCUT2D eigenvalue weighted by molar-refractivity contribution is 9.09. The van der Waals surface area contributed by atoms with Crippen LogP contribution in [0.25, 0.3) is 0 Å². The van der Waals surface area contributed by atoms with Crippen LogP contribution in [0.4, 0.5) is 0 Å². The molecule has 1 heteroatoms. The highest BCUT2D eigenvalue weighted by atomic mass is 79.9. The molecule has 7 heavy (non-hydrogen) atoms. The van der Waals surface area contributed by atoms with Crippen molar-refractivity contribution in [3.63, 3.8) is 0 Å². The molecule has 0 aliphatic carbocycles. The summed E-state index contributed by atoms with van der Waals surface area (Å²) in [6.07, 6.45) is 2.63. The summed E-state index contributed by atoms with van der Waals surface area (Å²) in [7, 11) is 0. The molecule has 0 amide bonds. The number of hydrogen-bond acceptors (Lipinski definition) is 0. The fraction of sp³-hybridized carbons (Fsp3) is 1.00. The van der Waals surface area contributed by atoms with E-state index in [9.17, 15) is 0 Å². The van der Waals surface area contributed by atoms with E-state index in [4.69, 9.17) is 0 Å². The van der Waals surface area contributed by atoms with E-state index in [2.05, 4.69) is 29.8 Å². The maximum atomic E-state index is 3.39. The Morgan fingerprint density at radius 2 is 2.14 bits per heavy atom. The maximum absolute atomic E-state index is 3.39. The van der Waals surface area contributed by atoms with Gasteiger partial charge in [-0.05, 0) is 12.3 Å². The molecule has 0 N–H and O–H groups in total. The normalized spacial score (nSPS) is 14.1. The van der Waals surface area contributed by atoms with E-state index in [-0.39, 0.29) is 0 Å². The van der Waals surface area contributed by atoms with Gasteiger partial charge in [-0.2, -0.15) is 0 Å². The summed E-state index contributed by atoms with van der Waals surface area (Å²) in [6.45, 7) is 4.51. The Labute approximate surface area is 54.4 Å². The monoisotopic (exact) mass is 164 g/mol. The van der Waals surface area contributed by atoms with Gasteiger partial charge in [-0.15, -0.1) is 0 Å². The van der Waals surface area contributed by atoms with Crippen molar-refractivity contribution in [3.05, 3.63) is 0 Å². The van der Waals surface area contributed by atoms with E-state index < -0.39 is 0 Å². The summed E-state index contributed by atoms with van der Waals surface area (Å²) in [6, 6.07) is 0. The van der Waals surface area contributed by atoms with Crippen LogP contribution in [0, 0.1) is 5.92 Å². The molecule has 0 aromatic carbocycles. The quantitative estimate of drug-likeness (QED) is 0.564. The van der Waals surface area contributed by atoms with E-state index in [0.29, 0.717) is 0 Å². The predicted octanol–water partition coefficient (Wildman–Crippen LogP) is 2.82. The van der Waals surface area contributed by atoms with Gasteiger partial charge in [-0.1, -0.05) is 36.2 Å². The van der Waals surface area contributed by atoms with Gasteiger partial charge in [-0.3, -0.25) is 0 Å². The third-order valence-corrected chi connectivity index (χ3v) is 1.76. The maximum Gasteiger partial charge on any atom is 0.00338 e. The van der Waals surface area contributed by atoms with Crippen LogP contribution in [-0.4, -0.2) is 5.33 Å². The van der Waals surface area contributed by atoms with Gasteiger partial charge in [0.05, 0.1) is 0 Å². The molecule has 0 aliphatic heterocycles. The van der Waals surface area contributed by atoms with Crippen molar-refractivity contribution in [1.29, 1.82) is 0 Å². The van der Waals surface area contributed by atoms with Crippen molar-refractivity contribution in [3.8, 4) is 0 Å². The average Bonchev–Trinajstić information content (AvgIpc) is 1.68. The van der Waals surface area contributed by atoms with E-state index in [1.807, 2.05) is 0 Å². The second-order valence-electron chi connectivity index (χ2n) is 1.99. The van der Waals surface area contributed by atoms with Crippen LogP contribution < -0.4 is 0 Å². The van der Waals surface area contributed by atoms with Gasteiger partial charge >= 0.3 is 0 Å². The fourth-order valence-electron chi connectivity index (χ4n) is 0.390. The Kier molecular flexibility index (Phi) is 4.95. The van der Waals surface area contributed by atoms with E-state index in [1.54, 1.807) is 0 Å². The van der Waals surface area contributed by atoms with Gasteiger partial charge in [0.25, 0.3) is 0 Å². The topological polar surface area (TPSA) is 0 Å². The molecular weight excluding hydrogens is 152 g/mol. The number of hydrogen-bond donors (Lipinski definition) is 0. The minimum atomic E-state index is 0.902. The summed E-state index contributed by atoms with van der Waals surface area (Å²) in [4.78, 5) is 0.